The summed E-state index contributed by atoms with van der Waals surface area (Å²) in [6.45, 7) is 12.7. The summed E-state index contributed by atoms with van der Waals surface area (Å²) in [5.41, 5.74) is 0.289. The van der Waals surface area contributed by atoms with Crippen LogP contribution in [0.2, 0.25) is 0 Å². The van der Waals surface area contributed by atoms with Crippen LogP contribution in [0.5, 0.6) is 0 Å². The second-order valence-electron chi connectivity index (χ2n) is 7.60. The Labute approximate surface area is 117 Å². The maximum Gasteiger partial charge on any atom is 0.225 e. The highest BCUT2D eigenvalue weighted by Crippen LogP contribution is 2.37. The number of rotatable bonds is 4. The molecular weight excluding hydrogens is 238 g/mol. The lowest BCUT2D eigenvalue weighted by Crippen LogP contribution is -2.41. The summed E-state index contributed by atoms with van der Waals surface area (Å²) < 4.78 is 6.04. The number of nitrogens with zero attached hydrogens (tertiary/aromatic N) is 1. The monoisotopic (exact) mass is 267 g/mol. The summed E-state index contributed by atoms with van der Waals surface area (Å²) in [4.78, 5) is 14.3. The van der Waals surface area contributed by atoms with Crippen LogP contribution in [-0.2, 0) is 9.53 Å². The Hall–Kier alpha value is -0.570. The van der Waals surface area contributed by atoms with Crippen molar-refractivity contribution >= 4 is 5.91 Å². The van der Waals surface area contributed by atoms with E-state index in [4.69, 9.17) is 4.74 Å². The molecule has 0 bridgehead atoms. The van der Waals surface area contributed by atoms with Crippen molar-refractivity contribution in [2.24, 2.45) is 11.3 Å². The second-order valence-corrected chi connectivity index (χ2v) is 7.60. The van der Waals surface area contributed by atoms with Crippen molar-refractivity contribution in [3.63, 3.8) is 0 Å². The molecule has 19 heavy (non-hydrogen) atoms. The van der Waals surface area contributed by atoms with Crippen LogP contribution in [0.15, 0.2) is 0 Å². The molecule has 0 N–H and O–H groups in total. The second kappa shape index (κ2) is 5.08. The largest absolute Gasteiger partial charge is 0.372 e. The molecule has 0 radical (unpaired) electrons. The van der Waals surface area contributed by atoms with Gasteiger partial charge in [0.05, 0.1) is 18.1 Å². The predicted octanol–water partition coefficient (Wildman–Crippen LogP) is 3.23. The summed E-state index contributed by atoms with van der Waals surface area (Å²) in [5, 5.41) is 0. The fourth-order valence-corrected chi connectivity index (χ4v) is 3.17. The van der Waals surface area contributed by atoms with E-state index >= 15 is 0 Å². The Morgan fingerprint density at radius 3 is 2.42 bits per heavy atom. The predicted molar refractivity (Wildman–Crippen MR) is 76.9 cm³/mol. The maximum absolute atomic E-state index is 12.3. The third-order valence-electron chi connectivity index (χ3n) is 5.14. The molecule has 2 rings (SSSR count). The van der Waals surface area contributed by atoms with Gasteiger partial charge in [0.25, 0.3) is 0 Å². The van der Waals surface area contributed by atoms with Crippen LogP contribution in [0.3, 0.4) is 0 Å². The Morgan fingerprint density at radius 2 is 2.00 bits per heavy atom. The topological polar surface area (TPSA) is 29.5 Å². The molecule has 0 aromatic heterocycles. The van der Waals surface area contributed by atoms with Crippen molar-refractivity contribution in [1.29, 1.82) is 0 Å². The highest BCUT2D eigenvalue weighted by Gasteiger charge is 2.39. The Kier molecular flexibility index (Phi) is 3.97. The molecule has 1 saturated heterocycles. The molecule has 0 spiro atoms. The van der Waals surface area contributed by atoms with Crippen LogP contribution in [0.4, 0.5) is 0 Å². The molecule has 2 aliphatic rings. The minimum Gasteiger partial charge on any atom is -0.372 e. The van der Waals surface area contributed by atoms with E-state index in [0.717, 1.165) is 25.9 Å². The van der Waals surface area contributed by atoms with E-state index in [-0.39, 0.29) is 23.0 Å². The average molecular weight is 267 g/mol. The molecule has 0 aromatic carbocycles. The first-order chi connectivity index (χ1) is 8.72. The number of likely N-dealkylation sites (tertiary alicyclic amines) is 1. The van der Waals surface area contributed by atoms with E-state index in [0.29, 0.717) is 12.3 Å². The number of carbonyl (C=O) groups is 1. The van der Waals surface area contributed by atoms with Gasteiger partial charge in [0.15, 0.2) is 0 Å². The van der Waals surface area contributed by atoms with Crippen LogP contribution < -0.4 is 0 Å². The molecule has 0 aromatic rings. The fourth-order valence-electron chi connectivity index (χ4n) is 3.17. The summed E-state index contributed by atoms with van der Waals surface area (Å²) >= 11 is 0. The van der Waals surface area contributed by atoms with Crippen molar-refractivity contribution < 1.29 is 9.53 Å². The minimum atomic E-state index is 0.0387. The molecule has 0 unspecified atom stereocenters. The molecule has 3 heteroatoms. The Morgan fingerprint density at radius 1 is 1.37 bits per heavy atom. The first kappa shape index (κ1) is 14.8. The highest BCUT2D eigenvalue weighted by atomic mass is 16.5. The first-order valence-electron chi connectivity index (χ1n) is 7.67. The SMILES string of the molecule is C[C@H](CC(=O)N1C[C@H](C)C(C)(C)C1)OC1(C)CCC1. The van der Waals surface area contributed by atoms with Gasteiger partial charge in [-0.3, -0.25) is 4.79 Å². The molecular formula is C16H29NO2. The van der Waals surface area contributed by atoms with E-state index in [1.165, 1.54) is 6.42 Å². The molecule has 3 nitrogen and oxygen atoms in total. The van der Waals surface area contributed by atoms with Gasteiger partial charge in [-0.05, 0) is 44.4 Å². The summed E-state index contributed by atoms with van der Waals surface area (Å²) in [5.74, 6) is 0.838. The summed E-state index contributed by atoms with van der Waals surface area (Å²) in [6.07, 6.45) is 4.10. The van der Waals surface area contributed by atoms with Gasteiger partial charge in [-0.2, -0.15) is 0 Å². The van der Waals surface area contributed by atoms with Crippen molar-refractivity contribution in [3.8, 4) is 0 Å². The van der Waals surface area contributed by atoms with Gasteiger partial charge < -0.3 is 9.64 Å². The zero-order chi connectivity index (χ0) is 14.3. The Bertz CT molecular complexity index is 347. The first-order valence-corrected chi connectivity index (χ1v) is 7.67. The number of amides is 1. The molecule has 1 aliphatic carbocycles. The Balaban J connectivity index is 1.81. The third kappa shape index (κ3) is 3.31. The van der Waals surface area contributed by atoms with E-state index in [1.54, 1.807) is 0 Å². The van der Waals surface area contributed by atoms with Gasteiger partial charge in [-0.1, -0.05) is 20.8 Å². The van der Waals surface area contributed by atoms with Gasteiger partial charge in [0, 0.05) is 13.1 Å². The number of hydrogen-bond donors (Lipinski definition) is 0. The van der Waals surface area contributed by atoms with E-state index < -0.39 is 0 Å². The van der Waals surface area contributed by atoms with Crippen molar-refractivity contribution in [1.82, 2.24) is 4.90 Å². The third-order valence-corrected chi connectivity index (χ3v) is 5.14. The van der Waals surface area contributed by atoms with Gasteiger partial charge in [-0.15, -0.1) is 0 Å². The van der Waals surface area contributed by atoms with E-state index in [1.807, 2.05) is 11.8 Å². The highest BCUT2D eigenvalue weighted by molar-refractivity contribution is 5.77. The van der Waals surface area contributed by atoms with E-state index in [9.17, 15) is 4.79 Å². The van der Waals surface area contributed by atoms with Gasteiger partial charge >= 0.3 is 0 Å². The fraction of sp³-hybridized carbons (Fsp3) is 0.938. The number of hydrogen-bond acceptors (Lipinski definition) is 2. The van der Waals surface area contributed by atoms with Gasteiger partial charge in [0.2, 0.25) is 5.91 Å². The smallest absolute Gasteiger partial charge is 0.225 e. The lowest BCUT2D eigenvalue weighted by atomic mass is 9.81. The normalized spacial score (nSPS) is 29.9. The maximum atomic E-state index is 12.3. The summed E-state index contributed by atoms with van der Waals surface area (Å²) in [7, 11) is 0. The standard InChI is InChI=1S/C16H29NO2/c1-12-10-17(11-15(12,3)4)14(18)9-13(2)19-16(5)7-6-8-16/h12-13H,6-11H2,1-5H3/t12-,13+/m0/s1. The molecule has 1 saturated carbocycles. The van der Waals surface area contributed by atoms with Crippen LogP contribution in [0.1, 0.15) is 60.3 Å². The lowest BCUT2D eigenvalue weighted by molar-refractivity contribution is -0.145. The minimum absolute atomic E-state index is 0.0387. The molecule has 110 valence electrons. The van der Waals surface area contributed by atoms with Crippen molar-refractivity contribution in [3.05, 3.63) is 0 Å². The van der Waals surface area contributed by atoms with Crippen molar-refractivity contribution in [2.45, 2.75) is 72.0 Å². The molecule has 2 atom stereocenters. The van der Waals surface area contributed by atoms with Crippen LogP contribution in [-0.4, -0.2) is 35.6 Å². The molecule has 1 heterocycles. The summed E-state index contributed by atoms with van der Waals surface area (Å²) in [6, 6.07) is 0. The number of carbonyl (C=O) groups excluding carboxylic acids is 1. The van der Waals surface area contributed by atoms with Crippen LogP contribution in [0.25, 0.3) is 0 Å². The lowest BCUT2D eigenvalue weighted by Gasteiger charge is -2.40. The van der Waals surface area contributed by atoms with Gasteiger partial charge in [-0.25, -0.2) is 0 Å². The number of ether oxygens (including phenoxy) is 1. The molecule has 1 amide bonds. The van der Waals surface area contributed by atoms with Gasteiger partial charge in [0.1, 0.15) is 0 Å². The van der Waals surface area contributed by atoms with Crippen molar-refractivity contribution in [2.75, 3.05) is 13.1 Å². The van der Waals surface area contributed by atoms with Crippen LogP contribution >= 0.6 is 0 Å². The quantitative estimate of drug-likeness (QED) is 0.782. The zero-order valence-electron chi connectivity index (χ0n) is 13.2. The van der Waals surface area contributed by atoms with Crippen LogP contribution in [0, 0.1) is 11.3 Å². The van der Waals surface area contributed by atoms with E-state index in [2.05, 4.69) is 27.7 Å². The molecule has 1 aliphatic heterocycles. The molecule has 2 fully saturated rings. The zero-order valence-corrected chi connectivity index (χ0v) is 13.2. The average Bonchev–Trinajstić information content (AvgIpc) is 2.51.